The van der Waals surface area contributed by atoms with Crippen LogP contribution >= 0.6 is 0 Å². The van der Waals surface area contributed by atoms with Crippen LogP contribution in [0.15, 0.2) is 18.2 Å². The first-order chi connectivity index (χ1) is 8.60. The van der Waals surface area contributed by atoms with Crippen molar-refractivity contribution in [2.75, 3.05) is 0 Å². The van der Waals surface area contributed by atoms with Crippen LogP contribution in [0.1, 0.15) is 56.7 Å². The van der Waals surface area contributed by atoms with E-state index >= 15 is 0 Å². The number of aromatic hydroxyl groups is 1. The van der Waals surface area contributed by atoms with Crippen LogP contribution in [-0.2, 0) is 0 Å². The van der Waals surface area contributed by atoms with Crippen LogP contribution in [0.3, 0.4) is 0 Å². The Morgan fingerprint density at radius 2 is 2.11 bits per heavy atom. The molecule has 0 saturated heterocycles. The maximum atomic E-state index is 9.95. The first-order valence-electron chi connectivity index (χ1n) is 7.15. The van der Waals surface area contributed by atoms with Gasteiger partial charge >= 0.3 is 0 Å². The molecule has 1 aliphatic carbocycles. The number of hydrogen-bond acceptors (Lipinski definition) is 2. The molecule has 2 atom stereocenters. The fourth-order valence-corrected chi connectivity index (χ4v) is 2.57. The zero-order chi connectivity index (χ0) is 13.1. The van der Waals surface area contributed by atoms with Gasteiger partial charge in [0.05, 0.1) is 0 Å². The fourth-order valence-electron chi connectivity index (χ4n) is 2.57. The number of benzene rings is 1. The normalized spacial score (nSPS) is 18.6. The average molecular weight is 247 g/mol. The lowest BCUT2D eigenvalue weighted by Gasteiger charge is -2.23. The third-order valence-corrected chi connectivity index (χ3v) is 3.94. The average Bonchev–Trinajstić information content (AvgIpc) is 3.15. The van der Waals surface area contributed by atoms with Gasteiger partial charge in [0.15, 0.2) is 0 Å². The molecular weight excluding hydrogens is 222 g/mol. The highest BCUT2D eigenvalue weighted by atomic mass is 16.3. The molecule has 1 fully saturated rings. The van der Waals surface area contributed by atoms with Gasteiger partial charge in [-0.1, -0.05) is 37.5 Å². The largest absolute Gasteiger partial charge is 0.508 e. The van der Waals surface area contributed by atoms with Gasteiger partial charge in [-0.3, -0.25) is 0 Å². The summed E-state index contributed by atoms with van der Waals surface area (Å²) < 4.78 is 0. The molecule has 0 heterocycles. The summed E-state index contributed by atoms with van der Waals surface area (Å²) in [6, 6.07) is 6.62. The molecule has 1 aromatic carbocycles. The summed E-state index contributed by atoms with van der Waals surface area (Å²) in [6.45, 7) is 6.45. The monoisotopic (exact) mass is 247 g/mol. The van der Waals surface area contributed by atoms with Crippen LogP contribution in [0.5, 0.6) is 5.75 Å². The van der Waals surface area contributed by atoms with E-state index in [4.69, 9.17) is 0 Å². The van der Waals surface area contributed by atoms with Gasteiger partial charge in [-0.2, -0.15) is 0 Å². The first kappa shape index (κ1) is 13.4. The van der Waals surface area contributed by atoms with E-state index in [2.05, 4.69) is 32.2 Å². The van der Waals surface area contributed by atoms with E-state index in [0.29, 0.717) is 11.8 Å². The van der Waals surface area contributed by atoms with E-state index in [1.54, 1.807) is 6.07 Å². The van der Waals surface area contributed by atoms with Crippen LogP contribution in [0.2, 0.25) is 0 Å². The van der Waals surface area contributed by atoms with Gasteiger partial charge in [0.25, 0.3) is 0 Å². The summed E-state index contributed by atoms with van der Waals surface area (Å²) in [4.78, 5) is 0. The minimum atomic E-state index is 0.216. The molecule has 2 heteroatoms. The Morgan fingerprint density at radius 1 is 1.39 bits per heavy atom. The van der Waals surface area contributed by atoms with Gasteiger partial charge in [-0.05, 0) is 38.7 Å². The van der Waals surface area contributed by atoms with Crippen molar-refractivity contribution in [1.29, 1.82) is 0 Å². The fraction of sp³-hybridized carbons (Fsp3) is 0.625. The Labute approximate surface area is 110 Å². The Hall–Kier alpha value is -1.02. The summed E-state index contributed by atoms with van der Waals surface area (Å²) in [5, 5.41) is 13.6. The van der Waals surface area contributed by atoms with Gasteiger partial charge in [0.2, 0.25) is 0 Å². The van der Waals surface area contributed by atoms with Gasteiger partial charge in [-0.15, -0.1) is 0 Å². The molecule has 2 unspecified atom stereocenters. The molecule has 2 N–H and O–H groups in total. The predicted molar refractivity (Wildman–Crippen MR) is 75.8 cm³/mol. The second-order valence-electron chi connectivity index (χ2n) is 5.73. The minimum Gasteiger partial charge on any atom is -0.508 e. The Morgan fingerprint density at radius 3 is 2.72 bits per heavy atom. The lowest BCUT2D eigenvalue weighted by atomic mass is 10.0. The molecular formula is C16H25NO. The van der Waals surface area contributed by atoms with Crippen molar-refractivity contribution in [3.63, 3.8) is 0 Å². The van der Waals surface area contributed by atoms with Crippen molar-refractivity contribution in [3.8, 4) is 5.75 Å². The third kappa shape index (κ3) is 3.49. The van der Waals surface area contributed by atoms with E-state index in [1.807, 2.05) is 6.07 Å². The highest BCUT2D eigenvalue weighted by molar-refractivity contribution is 5.37. The Bertz CT molecular complexity index is 398. The molecule has 18 heavy (non-hydrogen) atoms. The zero-order valence-electron chi connectivity index (χ0n) is 11.7. The van der Waals surface area contributed by atoms with E-state index in [1.165, 1.54) is 24.8 Å². The van der Waals surface area contributed by atoms with Crippen molar-refractivity contribution >= 4 is 0 Å². The predicted octanol–water partition coefficient (Wildman–Crippen LogP) is 3.93. The van der Waals surface area contributed by atoms with Crippen LogP contribution < -0.4 is 5.32 Å². The molecule has 1 aromatic rings. The highest BCUT2D eigenvalue weighted by Gasteiger charge is 2.25. The zero-order valence-corrected chi connectivity index (χ0v) is 11.7. The molecule has 2 rings (SSSR count). The van der Waals surface area contributed by atoms with Gasteiger partial charge in [0.1, 0.15) is 5.75 Å². The summed E-state index contributed by atoms with van der Waals surface area (Å²) >= 11 is 0. The lowest BCUT2D eigenvalue weighted by molar-refractivity contribution is 0.391. The number of rotatable bonds is 6. The van der Waals surface area contributed by atoms with E-state index in [-0.39, 0.29) is 6.04 Å². The van der Waals surface area contributed by atoms with Crippen LogP contribution in [0.4, 0.5) is 0 Å². The quantitative estimate of drug-likeness (QED) is 0.798. The third-order valence-electron chi connectivity index (χ3n) is 3.94. The lowest BCUT2D eigenvalue weighted by Crippen LogP contribution is -2.31. The molecule has 0 aromatic heterocycles. The molecule has 2 nitrogen and oxygen atoms in total. The molecule has 0 radical (unpaired) electrons. The molecule has 0 amide bonds. The number of nitrogens with one attached hydrogen (secondary N) is 1. The maximum Gasteiger partial charge on any atom is 0.120 e. The van der Waals surface area contributed by atoms with Crippen molar-refractivity contribution in [3.05, 3.63) is 29.3 Å². The molecule has 0 spiro atoms. The summed E-state index contributed by atoms with van der Waals surface area (Å²) in [5.74, 6) is 1.35. The van der Waals surface area contributed by atoms with Crippen LogP contribution in [0, 0.1) is 12.8 Å². The Balaban J connectivity index is 2.00. The van der Waals surface area contributed by atoms with Crippen molar-refractivity contribution in [2.24, 2.45) is 5.92 Å². The Kier molecular flexibility index (Phi) is 4.28. The highest BCUT2D eigenvalue weighted by Crippen LogP contribution is 2.35. The number of hydrogen-bond donors (Lipinski definition) is 2. The standard InChI is InChI=1S/C16H25NO/c1-4-14(10-13-6-7-13)17-12(3)15-9-11(2)5-8-16(15)18/h5,8-9,12-14,17-18H,4,6-7,10H2,1-3H3. The van der Waals surface area contributed by atoms with E-state index < -0.39 is 0 Å². The number of phenols is 1. The van der Waals surface area contributed by atoms with Crippen molar-refractivity contribution in [1.82, 2.24) is 5.32 Å². The van der Waals surface area contributed by atoms with Crippen molar-refractivity contribution in [2.45, 2.75) is 58.5 Å². The smallest absolute Gasteiger partial charge is 0.120 e. The topological polar surface area (TPSA) is 32.3 Å². The molecule has 1 saturated carbocycles. The second-order valence-corrected chi connectivity index (χ2v) is 5.73. The number of phenolic OH excluding ortho intramolecular Hbond substituents is 1. The van der Waals surface area contributed by atoms with Gasteiger partial charge in [0, 0.05) is 17.6 Å². The summed E-state index contributed by atoms with van der Waals surface area (Å²) in [7, 11) is 0. The van der Waals surface area contributed by atoms with E-state index in [9.17, 15) is 5.11 Å². The molecule has 100 valence electrons. The van der Waals surface area contributed by atoms with Crippen molar-refractivity contribution < 1.29 is 5.11 Å². The first-order valence-corrected chi connectivity index (χ1v) is 7.15. The molecule has 0 aliphatic heterocycles. The maximum absolute atomic E-state index is 9.95. The SMILES string of the molecule is CCC(CC1CC1)NC(C)c1cc(C)ccc1O. The van der Waals surface area contributed by atoms with Crippen LogP contribution in [0.25, 0.3) is 0 Å². The van der Waals surface area contributed by atoms with Gasteiger partial charge < -0.3 is 10.4 Å². The van der Waals surface area contributed by atoms with E-state index in [0.717, 1.165) is 17.9 Å². The van der Waals surface area contributed by atoms with Gasteiger partial charge in [-0.25, -0.2) is 0 Å². The molecule has 1 aliphatic rings. The summed E-state index contributed by atoms with van der Waals surface area (Å²) in [6.07, 6.45) is 5.26. The minimum absolute atomic E-state index is 0.216. The number of aryl methyl sites for hydroxylation is 1. The summed E-state index contributed by atoms with van der Waals surface area (Å²) in [5.41, 5.74) is 2.22. The second kappa shape index (κ2) is 5.75. The van der Waals surface area contributed by atoms with Crippen LogP contribution in [-0.4, -0.2) is 11.1 Å². The molecule has 0 bridgehead atoms.